The summed E-state index contributed by atoms with van der Waals surface area (Å²) in [7, 11) is 0. The molecule has 3 aromatic rings. The summed E-state index contributed by atoms with van der Waals surface area (Å²) in [5.74, 6) is 1.31. The Kier molecular flexibility index (Phi) is 5.05. The van der Waals surface area contributed by atoms with E-state index in [2.05, 4.69) is 25.9 Å². The molecule has 5 nitrogen and oxygen atoms in total. The predicted octanol–water partition coefficient (Wildman–Crippen LogP) is 3.34. The fraction of sp³-hybridized carbons (Fsp3) is 0.176. The van der Waals surface area contributed by atoms with Gasteiger partial charge in [-0.1, -0.05) is 15.9 Å². The van der Waals surface area contributed by atoms with E-state index in [1.807, 2.05) is 24.3 Å². The van der Waals surface area contributed by atoms with Crippen LogP contribution in [0, 0.1) is 0 Å². The summed E-state index contributed by atoms with van der Waals surface area (Å²) in [6, 6.07) is 9.60. The predicted molar refractivity (Wildman–Crippen MR) is 90.6 cm³/mol. The number of aliphatic hydroxyl groups excluding tert-OH is 1. The molecule has 2 heterocycles. The van der Waals surface area contributed by atoms with Crippen LogP contribution >= 0.6 is 15.9 Å². The van der Waals surface area contributed by atoms with Gasteiger partial charge in [-0.05, 0) is 35.9 Å². The lowest BCUT2D eigenvalue weighted by atomic mass is 10.2. The van der Waals surface area contributed by atoms with E-state index in [4.69, 9.17) is 14.6 Å². The molecule has 0 radical (unpaired) electrons. The third kappa shape index (κ3) is 4.18. The number of halogens is 1. The van der Waals surface area contributed by atoms with Crippen LogP contribution in [0.4, 0.5) is 0 Å². The first-order chi connectivity index (χ1) is 11.2. The maximum absolute atomic E-state index is 9.06. The molecule has 1 N–H and O–H groups in total. The smallest absolute Gasteiger partial charge is 0.138 e. The molecule has 118 valence electrons. The standard InChI is InChI=1S/C17H15BrN2O3/c18-14-1-2-17-13(6-14)7-16(10-20-17)23-4-3-22-15-5-12(11-21)8-19-9-15/h1-2,5-10,21H,3-4,11H2. The Bertz CT molecular complexity index is 811. The molecule has 0 saturated heterocycles. The van der Waals surface area contributed by atoms with Gasteiger partial charge in [0.1, 0.15) is 24.7 Å². The molecule has 0 aliphatic heterocycles. The Morgan fingerprint density at radius 1 is 0.957 bits per heavy atom. The van der Waals surface area contributed by atoms with Gasteiger partial charge in [0.2, 0.25) is 0 Å². The second kappa shape index (κ2) is 7.39. The SMILES string of the molecule is OCc1cncc(OCCOc2cnc3ccc(Br)cc3c2)c1. The molecule has 23 heavy (non-hydrogen) atoms. The van der Waals surface area contributed by atoms with E-state index in [-0.39, 0.29) is 6.61 Å². The Hall–Kier alpha value is -2.18. The summed E-state index contributed by atoms with van der Waals surface area (Å²) < 4.78 is 12.2. The molecule has 0 unspecified atom stereocenters. The van der Waals surface area contributed by atoms with E-state index in [1.54, 1.807) is 24.7 Å². The lowest BCUT2D eigenvalue weighted by molar-refractivity contribution is 0.215. The van der Waals surface area contributed by atoms with Crippen LogP contribution in [-0.2, 0) is 6.61 Å². The van der Waals surface area contributed by atoms with Gasteiger partial charge >= 0.3 is 0 Å². The van der Waals surface area contributed by atoms with Crippen LogP contribution in [0.15, 0.2) is 53.4 Å². The summed E-state index contributed by atoms with van der Waals surface area (Å²) >= 11 is 3.45. The highest BCUT2D eigenvalue weighted by molar-refractivity contribution is 9.10. The maximum atomic E-state index is 9.06. The van der Waals surface area contributed by atoms with Crippen molar-refractivity contribution >= 4 is 26.8 Å². The first-order valence-electron chi connectivity index (χ1n) is 7.10. The summed E-state index contributed by atoms with van der Waals surface area (Å²) in [6.45, 7) is 0.719. The quantitative estimate of drug-likeness (QED) is 0.670. The van der Waals surface area contributed by atoms with Crippen molar-refractivity contribution in [2.75, 3.05) is 13.2 Å². The van der Waals surface area contributed by atoms with Crippen LogP contribution in [0.5, 0.6) is 11.5 Å². The van der Waals surface area contributed by atoms with Crippen molar-refractivity contribution in [2.24, 2.45) is 0 Å². The molecule has 0 amide bonds. The topological polar surface area (TPSA) is 64.5 Å². The summed E-state index contributed by atoms with van der Waals surface area (Å²) in [6.07, 6.45) is 4.90. The van der Waals surface area contributed by atoms with Gasteiger partial charge in [0, 0.05) is 16.1 Å². The highest BCUT2D eigenvalue weighted by atomic mass is 79.9. The Balaban J connectivity index is 1.56. The number of hydrogen-bond donors (Lipinski definition) is 1. The van der Waals surface area contributed by atoms with Gasteiger partial charge < -0.3 is 14.6 Å². The Labute approximate surface area is 142 Å². The van der Waals surface area contributed by atoms with Crippen molar-refractivity contribution in [3.63, 3.8) is 0 Å². The zero-order valence-electron chi connectivity index (χ0n) is 12.3. The Morgan fingerprint density at radius 3 is 2.52 bits per heavy atom. The molecular weight excluding hydrogens is 360 g/mol. The van der Waals surface area contributed by atoms with Crippen molar-refractivity contribution in [3.05, 3.63) is 59.0 Å². The molecule has 0 bridgehead atoms. The number of aromatic nitrogens is 2. The number of pyridine rings is 2. The third-order valence-electron chi connectivity index (χ3n) is 3.19. The molecule has 0 spiro atoms. The van der Waals surface area contributed by atoms with Crippen LogP contribution in [0.3, 0.4) is 0 Å². The molecule has 0 atom stereocenters. The second-order valence-electron chi connectivity index (χ2n) is 4.89. The minimum Gasteiger partial charge on any atom is -0.488 e. The van der Waals surface area contributed by atoms with Crippen molar-refractivity contribution in [1.29, 1.82) is 0 Å². The average molecular weight is 375 g/mol. The highest BCUT2D eigenvalue weighted by Crippen LogP contribution is 2.22. The van der Waals surface area contributed by atoms with E-state index in [0.29, 0.717) is 30.3 Å². The van der Waals surface area contributed by atoms with Crippen LogP contribution in [0.1, 0.15) is 5.56 Å². The van der Waals surface area contributed by atoms with Crippen molar-refractivity contribution in [1.82, 2.24) is 9.97 Å². The van der Waals surface area contributed by atoms with Gasteiger partial charge in [0.25, 0.3) is 0 Å². The number of hydrogen-bond acceptors (Lipinski definition) is 5. The van der Waals surface area contributed by atoms with Crippen molar-refractivity contribution < 1.29 is 14.6 Å². The summed E-state index contributed by atoms with van der Waals surface area (Å²) in [4.78, 5) is 8.35. The number of fused-ring (bicyclic) bond motifs is 1. The fourth-order valence-electron chi connectivity index (χ4n) is 2.11. The minimum atomic E-state index is -0.0565. The molecule has 6 heteroatoms. The molecule has 0 aliphatic carbocycles. The van der Waals surface area contributed by atoms with E-state index < -0.39 is 0 Å². The zero-order chi connectivity index (χ0) is 16.1. The van der Waals surface area contributed by atoms with Gasteiger partial charge in [0.05, 0.1) is 24.5 Å². The molecular formula is C17H15BrN2O3. The normalized spacial score (nSPS) is 10.7. The van der Waals surface area contributed by atoms with Gasteiger partial charge in [0.15, 0.2) is 0 Å². The molecule has 3 rings (SSSR count). The molecule has 2 aromatic heterocycles. The molecule has 0 saturated carbocycles. The minimum absolute atomic E-state index is 0.0565. The van der Waals surface area contributed by atoms with Crippen LogP contribution in [0.2, 0.25) is 0 Å². The Morgan fingerprint density at radius 2 is 1.74 bits per heavy atom. The van der Waals surface area contributed by atoms with E-state index in [0.717, 1.165) is 15.4 Å². The third-order valence-corrected chi connectivity index (χ3v) is 3.68. The highest BCUT2D eigenvalue weighted by Gasteiger charge is 2.01. The first kappa shape index (κ1) is 15.7. The number of benzene rings is 1. The molecule has 0 aliphatic rings. The maximum Gasteiger partial charge on any atom is 0.138 e. The fourth-order valence-corrected chi connectivity index (χ4v) is 2.49. The zero-order valence-corrected chi connectivity index (χ0v) is 13.9. The first-order valence-corrected chi connectivity index (χ1v) is 7.89. The van der Waals surface area contributed by atoms with Crippen LogP contribution in [0.25, 0.3) is 10.9 Å². The lowest BCUT2D eigenvalue weighted by Crippen LogP contribution is -2.09. The molecule has 0 fully saturated rings. The number of rotatable bonds is 6. The van der Waals surface area contributed by atoms with Crippen LogP contribution < -0.4 is 9.47 Å². The average Bonchev–Trinajstić information content (AvgIpc) is 2.58. The lowest BCUT2D eigenvalue weighted by Gasteiger charge is -2.09. The van der Waals surface area contributed by atoms with Crippen molar-refractivity contribution in [2.45, 2.75) is 6.61 Å². The monoisotopic (exact) mass is 374 g/mol. The van der Waals surface area contributed by atoms with E-state index in [9.17, 15) is 0 Å². The van der Waals surface area contributed by atoms with E-state index >= 15 is 0 Å². The molecule has 1 aromatic carbocycles. The van der Waals surface area contributed by atoms with Gasteiger partial charge in [-0.25, -0.2) is 0 Å². The van der Waals surface area contributed by atoms with Crippen molar-refractivity contribution in [3.8, 4) is 11.5 Å². The van der Waals surface area contributed by atoms with E-state index in [1.165, 1.54) is 0 Å². The van der Waals surface area contributed by atoms with Gasteiger partial charge in [-0.3, -0.25) is 9.97 Å². The number of nitrogens with zero attached hydrogens (tertiary/aromatic N) is 2. The second-order valence-corrected chi connectivity index (χ2v) is 5.81. The van der Waals surface area contributed by atoms with Gasteiger partial charge in [-0.15, -0.1) is 0 Å². The summed E-state index contributed by atoms with van der Waals surface area (Å²) in [5, 5.41) is 10.1. The van der Waals surface area contributed by atoms with Crippen LogP contribution in [-0.4, -0.2) is 28.3 Å². The number of ether oxygens (including phenoxy) is 2. The summed E-state index contributed by atoms with van der Waals surface area (Å²) in [5.41, 5.74) is 1.64. The largest absolute Gasteiger partial charge is 0.488 e. The van der Waals surface area contributed by atoms with Gasteiger partial charge in [-0.2, -0.15) is 0 Å². The number of aliphatic hydroxyl groups is 1.